The van der Waals surface area contributed by atoms with Gasteiger partial charge < -0.3 is 9.47 Å². The van der Waals surface area contributed by atoms with E-state index in [9.17, 15) is 4.79 Å². The van der Waals surface area contributed by atoms with Crippen LogP contribution in [0.4, 0.5) is 5.13 Å². The average Bonchev–Trinajstić information content (AvgIpc) is 2.97. The smallest absolute Gasteiger partial charge is 0.257 e. The molecule has 0 fully saturated rings. The first-order valence-electron chi connectivity index (χ1n) is 6.31. The summed E-state index contributed by atoms with van der Waals surface area (Å²) in [7, 11) is 0. The van der Waals surface area contributed by atoms with E-state index in [0.29, 0.717) is 36.3 Å². The van der Waals surface area contributed by atoms with Crippen LogP contribution in [0.15, 0.2) is 35.8 Å². The lowest BCUT2D eigenvalue weighted by molar-refractivity contribution is 0.102. The fraction of sp³-hybridized carbons (Fsp3) is 0.286. The van der Waals surface area contributed by atoms with Gasteiger partial charge in [-0.3, -0.25) is 10.1 Å². The van der Waals surface area contributed by atoms with Crippen LogP contribution in [0.1, 0.15) is 17.3 Å². The number of carbonyl (C=O) groups is 1. The second-order valence-electron chi connectivity index (χ2n) is 3.86. The van der Waals surface area contributed by atoms with Gasteiger partial charge in [-0.05, 0) is 25.1 Å². The molecule has 1 heterocycles. The maximum absolute atomic E-state index is 12.0. The SMILES string of the molecule is CCOCCOc1cccc(C(=O)Nc2nccs2)c1. The number of nitrogens with one attached hydrogen (secondary N) is 1. The molecular formula is C14H16N2O3S. The van der Waals surface area contributed by atoms with E-state index >= 15 is 0 Å². The largest absolute Gasteiger partial charge is 0.491 e. The minimum Gasteiger partial charge on any atom is -0.491 e. The van der Waals surface area contributed by atoms with E-state index in [1.807, 2.05) is 18.4 Å². The number of aromatic nitrogens is 1. The zero-order chi connectivity index (χ0) is 14.2. The third kappa shape index (κ3) is 4.32. The van der Waals surface area contributed by atoms with Crippen molar-refractivity contribution in [2.24, 2.45) is 0 Å². The summed E-state index contributed by atoms with van der Waals surface area (Å²) in [6.45, 7) is 3.60. The highest BCUT2D eigenvalue weighted by Gasteiger charge is 2.08. The highest BCUT2D eigenvalue weighted by Crippen LogP contribution is 2.16. The topological polar surface area (TPSA) is 60.5 Å². The standard InChI is InChI=1S/C14H16N2O3S/c1-2-18-7-8-19-12-5-3-4-11(10-12)13(17)16-14-15-6-9-20-14/h3-6,9-10H,2,7-8H2,1H3,(H,15,16,17). The van der Waals surface area contributed by atoms with E-state index in [1.54, 1.807) is 24.4 Å². The summed E-state index contributed by atoms with van der Waals surface area (Å²) in [5, 5.41) is 5.12. The van der Waals surface area contributed by atoms with Crippen molar-refractivity contribution in [1.29, 1.82) is 0 Å². The molecule has 6 heteroatoms. The molecule has 0 saturated carbocycles. The molecule has 1 aromatic heterocycles. The van der Waals surface area contributed by atoms with Crippen molar-refractivity contribution in [3.8, 4) is 5.75 Å². The summed E-state index contributed by atoms with van der Waals surface area (Å²) < 4.78 is 10.7. The Morgan fingerprint density at radius 2 is 2.30 bits per heavy atom. The average molecular weight is 292 g/mol. The van der Waals surface area contributed by atoms with E-state index in [4.69, 9.17) is 9.47 Å². The second-order valence-corrected chi connectivity index (χ2v) is 4.76. The number of hydrogen-bond acceptors (Lipinski definition) is 5. The van der Waals surface area contributed by atoms with Gasteiger partial charge in [-0.1, -0.05) is 6.07 Å². The van der Waals surface area contributed by atoms with Crippen LogP contribution >= 0.6 is 11.3 Å². The molecule has 2 rings (SSSR count). The molecule has 0 radical (unpaired) electrons. The van der Waals surface area contributed by atoms with Crippen molar-refractivity contribution >= 4 is 22.4 Å². The summed E-state index contributed by atoms with van der Waals surface area (Å²) in [5.74, 6) is 0.451. The number of amides is 1. The monoisotopic (exact) mass is 292 g/mol. The minimum atomic E-state index is -0.199. The van der Waals surface area contributed by atoms with Crippen molar-refractivity contribution < 1.29 is 14.3 Å². The first kappa shape index (κ1) is 14.5. The third-order valence-corrected chi connectivity index (χ3v) is 3.14. The van der Waals surface area contributed by atoms with E-state index in [-0.39, 0.29) is 5.91 Å². The number of carbonyl (C=O) groups excluding carboxylic acids is 1. The van der Waals surface area contributed by atoms with Crippen molar-refractivity contribution in [3.63, 3.8) is 0 Å². The van der Waals surface area contributed by atoms with Gasteiger partial charge >= 0.3 is 0 Å². The van der Waals surface area contributed by atoms with Crippen molar-refractivity contribution in [3.05, 3.63) is 41.4 Å². The van der Waals surface area contributed by atoms with Crippen LogP contribution in [-0.2, 0) is 4.74 Å². The number of hydrogen-bond donors (Lipinski definition) is 1. The van der Waals surface area contributed by atoms with Crippen molar-refractivity contribution in [1.82, 2.24) is 4.98 Å². The Morgan fingerprint density at radius 3 is 3.05 bits per heavy atom. The molecule has 106 valence electrons. The Kier molecular flexibility index (Phi) is 5.52. The van der Waals surface area contributed by atoms with Crippen LogP contribution in [0.25, 0.3) is 0 Å². The van der Waals surface area contributed by atoms with Gasteiger partial charge in [-0.15, -0.1) is 11.3 Å². The molecule has 1 N–H and O–H groups in total. The Morgan fingerprint density at radius 1 is 1.40 bits per heavy atom. The summed E-state index contributed by atoms with van der Waals surface area (Å²) in [6.07, 6.45) is 1.65. The van der Waals surface area contributed by atoms with Crippen LogP contribution in [-0.4, -0.2) is 30.7 Å². The second kappa shape index (κ2) is 7.62. The normalized spacial score (nSPS) is 10.2. The first-order valence-corrected chi connectivity index (χ1v) is 7.19. The Hall–Kier alpha value is -1.92. The number of benzene rings is 1. The summed E-state index contributed by atoms with van der Waals surface area (Å²) >= 11 is 1.38. The number of rotatable bonds is 7. The minimum absolute atomic E-state index is 0.199. The first-order chi connectivity index (χ1) is 9.79. The molecule has 1 aromatic carbocycles. The van der Waals surface area contributed by atoms with Crippen molar-refractivity contribution in [2.45, 2.75) is 6.92 Å². The molecule has 0 atom stereocenters. The molecule has 0 saturated heterocycles. The zero-order valence-electron chi connectivity index (χ0n) is 11.2. The Balaban J connectivity index is 1.93. The van der Waals surface area contributed by atoms with E-state index in [1.165, 1.54) is 11.3 Å². The summed E-state index contributed by atoms with van der Waals surface area (Å²) in [5.41, 5.74) is 0.536. The van der Waals surface area contributed by atoms with Gasteiger partial charge in [0.25, 0.3) is 5.91 Å². The number of anilines is 1. The van der Waals surface area contributed by atoms with E-state index in [2.05, 4.69) is 10.3 Å². The van der Waals surface area contributed by atoms with Crippen LogP contribution in [0.5, 0.6) is 5.75 Å². The Bertz CT molecular complexity index is 543. The van der Waals surface area contributed by atoms with E-state index in [0.717, 1.165) is 0 Å². The van der Waals surface area contributed by atoms with Crippen LogP contribution in [0.2, 0.25) is 0 Å². The number of ether oxygens (including phenoxy) is 2. The molecule has 5 nitrogen and oxygen atoms in total. The fourth-order valence-electron chi connectivity index (χ4n) is 1.54. The molecule has 0 aliphatic heterocycles. The van der Waals surface area contributed by atoms with Crippen LogP contribution in [0.3, 0.4) is 0 Å². The van der Waals surface area contributed by atoms with Gasteiger partial charge in [0.05, 0.1) is 6.61 Å². The van der Waals surface area contributed by atoms with Gasteiger partial charge in [0.15, 0.2) is 5.13 Å². The van der Waals surface area contributed by atoms with Gasteiger partial charge in [-0.2, -0.15) is 0 Å². The third-order valence-electron chi connectivity index (χ3n) is 2.45. The molecule has 0 aliphatic rings. The molecule has 0 spiro atoms. The maximum atomic E-state index is 12.0. The predicted octanol–water partition coefficient (Wildman–Crippen LogP) is 2.81. The molecule has 1 amide bonds. The van der Waals surface area contributed by atoms with Gasteiger partial charge in [0.1, 0.15) is 12.4 Å². The Labute approximate surface area is 121 Å². The predicted molar refractivity (Wildman–Crippen MR) is 78.5 cm³/mol. The molecular weight excluding hydrogens is 276 g/mol. The van der Waals surface area contributed by atoms with Crippen LogP contribution in [0, 0.1) is 0 Å². The number of thiazole rings is 1. The van der Waals surface area contributed by atoms with Gasteiger partial charge in [0, 0.05) is 23.7 Å². The highest BCUT2D eigenvalue weighted by atomic mass is 32.1. The lowest BCUT2D eigenvalue weighted by Gasteiger charge is -2.08. The van der Waals surface area contributed by atoms with Gasteiger partial charge in [-0.25, -0.2) is 4.98 Å². The maximum Gasteiger partial charge on any atom is 0.257 e. The van der Waals surface area contributed by atoms with Crippen LogP contribution < -0.4 is 10.1 Å². The lowest BCUT2D eigenvalue weighted by Crippen LogP contribution is -2.12. The van der Waals surface area contributed by atoms with Crippen molar-refractivity contribution in [2.75, 3.05) is 25.1 Å². The molecule has 0 bridgehead atoms. The zero-order valence-corrected chi connectivity index (χ0v) is 12.0. The molecule has 20 heavy (non-hydrogen) atoms. The van der Waals surface area contributed by atoms with Gasteiger partial charge in [0.2, 0.25) is 0 Å². The fourth-order valence-corrected chi connectivity index (χ4v) is 2.07. The molecule has 2 aromatic rings. The lowest BCUT2D eigenvalue weighted by atomic mass is 10.2. The molecule has 0 unspecified atom stereocenters. The summed E-state index contributed by atoms with van der Waals surface area (Å²) in [4.78, 5) is 16.0. The highest BCUT2D eigenvalue weighted by molar-refractivity contribution is 7.13. The van der Waals surface area contributed by atoms with E-state index < -0.39 is 0 Å². The number of nitrogens with zero attached hydrogens (tertiary/aromatic N) is 1. The molecule has 0 aliphatic carbocycles. The quantitative estimate of drug-likeness (QED) is 0.797. The summed E-state index contributed by atoms with van der Waals surface area (Å²) in [6, 6.07) is 7.03.